The van der Waals surface area contributed by atoms with E-state index in [-0.39, 0.29) is 0 Å². The molecular weight excluding hydrogens is 961 g/mol. The Bertz CT molecular complexity index is 5240. The highest BCUT2D eigenvalue weighted by atomic mass is 32.1. The van der Waals surface area contributed by atoms with Gasteiger partial charge in [0, 0.05) is 85.8 Å². The first-order valence-corrected chi connectivity index (χ1v) is 26.7. The molecule has 0 bridgehead atoms. The molecule has 0 aliphatic rings. The molecule has 0 fully saturated rings. The Hall–Kier alpha value is -10.2. The maximum absolute atomic E-state index is 6.74. The van der Waals surface area contributed by atoms with E-state index in [2.05, 4.69) is 226 Å². The molecule has 0 radical (unpaired) electrons. The third-order valence-electron chi connectivity index (χ3n) is 15.7. The smallest absolute Gasteiger partial charge is 0.238 e. The first-order valence-electron chi connectivity index (χ1n) is 25.9. The Labute approximate surface area is 443 Å². The fraction of sp³-hybridized carbons (Fsp3) is 0. The number of thiophene rings is 1. The summed E-state index contributed by atoms with van der Waals surface area (Å²) in [6.07, 6.45) is 0. The minimum Gasteiger partial charge on any atom is -0.456 e. The lowest BCUT2D eigenvalue weighted by Crippen LogP contribution is -2.07. The number of nitrogens with zero attached hydrogens (tertiary/aromatic N) is 6. The number of benzene rings is 11. The summed E-state index contributed by atoms with van der Waals surface area (Å²) in [5.41, 5.74) is 14.5. The van der Waals surface area contributed by atoms with Gasteiger partial charge in [0.1, 0.15) is 11.2 Å². The number of hydrogen-bond donors (Lipinski definition) is 0. The molecule has 0 unspecified atom stereocenters. The molecule has 7 nitrogen and oxygen atoms in total. The largest absolute Gasteiger partial charge is 0.456 e. The van der Waals surface area contributed by atoms with Crippen LogP contribution in [0.5, 0.6) is 0 Å². The molecule has 0 aliphatic carbocycles. The number of para-hydroxylation sites is 5. The van der Waals surface area contributed by atoms with Crippen LogP contribution in [-0.2, 0) is 0 Å². The molecule has 0 aliphatic heterocycles. The molecule has 6 aromatic heterocycles. The molecule has 0 N–H and O–H groups in total. The van der Waals surface area contributed by atoms with Gasteiger partial charge in [-0.1, -0.05) is 170 Å². The van der Waals surface area contributed by atoms with Gasteiger partial charge in [-0.05, 0) is 83.9 Å². The third-order valence-corrected chi connectivity index (χ3v) is 16.8. The van der Waals surface area contributed by atoms with Crippen molar-refractivity contribution in [2.45, 2.75) is 0 Å². The Morgan fingerprint density at radius 3 is 1.60 bits per heavy atom. The third kappa shape index (κ3) is 6.15. The molecule has 0 saturated heterocycles. The van der Waals surface area contributed by atoms with Crippen molar-refractivity contribution in [3.8, 4) is 51.2 Å². The van der Waals surface area contributed by atoms with Crippen molar-refractivity contribution in [2.75, 3.05) is 0 Å². The molecule has 0 spiro atoms. The lowest BCUT2D eigenvalue weighted by atomic mass is 9.97. The monoisotopic (exact) mass is 1000 g/mol. The van der Waals surface area contributed by atoms with E-state index in [1.54, 1.807) is 0 Å². The second kappa shape index (κ2) is 16.2. The van der Waals surface area contributed by atoms with E-state index in [0.717, 1.165) is 88.2 Å². The van der Waals surface area contributed by atoms with Crippen LogP contribution < -0.4 is 0 Å². The second-order valence-electron chi connectivity index (χ2n) is 19.9. The van der Waals surface area contributed by atoms with E-state index in [1.807, 2.05) is 41.7 Å². The zero-order valence-corrected chi connectivity index (χ0v) is 41.9. The number of hydrogen-bond acceptors (Lipinski definition) is 5. The van der Waals surface area contributed by atoms with E-state index >= 15 is 0 Å². The van der Waals surface area contributed by atoms with Gasteiger partial charge < -0.3 is 13.6 Å². The van der Waals surface area contributed by atoms with Gasteiger partial charge in [-0.2, -0.15) is 9.97 Å². The predicted molar refractivity (Wildman–Crippen MR) is 319 cm³/mol. The summed E-state index contributed by atoms with van der Waals surface area (Å²) in [7, 11) is 0. The van der Waals surface area contributed by atoms with Gasteiger partial charge in [0.15, 0.2) is 11.6 Å². The van der Waals surface area contributed by atoms with E-state index < -0.39 is 0 Å². The standard InChI is InChI=1S/C69H40N6OS/c1-3-17-41(18-4-1)67-70-68(72-69(71-67)75-58-30-14-10-24-49(58)51-37-36-50-48-23-9-13-29-57(48)74(65(50)66(51)75)43-19-5-2-6-20-43)53-26-15-31-60-63(53)54-39-42(33-38-59(54)76-60)45-25-16-32-61-64(45)52-35-34-44(40-62(52)77-61)73-55-27-11-7-21-46(55)47-22-8-12-28-56(47)73/h1-40H. The maximum atomic E-state index is 6.74. The quantitative estimate of drug-likeness (QED) is 0.166. The average molecular weight is 1000 g/mol. The summed E-state index contributed by atoms with van der Waals surface area (Å²) < 4.78 is 16.3. The molecule has 358 valence electrons. The van der Waals surface area contributed by atoms with Gasteiger partial charge in [-0.3, -0.25) is 4.57 Å². The zero-order chi connectivity index (χ0) is 50.3. The summed E-state index contributed by atoms with van der Waals surface area (Å²) in [5.74, 6) is 1.66. The van der Waals surface area contributed by atoms with Crippen molar-refractivity contribution in [3.05, 3.63) is 243 Å². The molecule has 6 heterocycles. The van der Waals surface area contributed by atoms with Crippen LogP contribution >= 0.6 is 11.3 Å². The highest BCUT2D eigenvalue weighted by molar-refractivity contribution is 7.26. The van der Waals surface area contributed by atoms with Crippen LogP contribution in [0.25, 0.3) is 159 Å². The fourth-order valence-electron chi connectivity index (χ4n) is 12.4. The van der Waals surface area contributed by atoms with E-state index in [1.165, 1.54) is 52.9 Å². The molecule has 17 rings (SSSR count). The first-order chi connectivity index (χ1) is 38.2. The maximum Gasteiger partial charge on any atom is 0.238 e. The van der Waals surface area contributed by atoms with Gasteiger partial charge in [0.2, 0.25) is 5.95 Å². The SMILES string of the molecule is c1ccc(-c2nc(-c3cccc4oc5ccc(-c6cccc7sc8cc(-n9c%10ccccc%10c%10ccccc%109)ccc8c67)cc5c34)nc(-n3c4ccccc4c4ccc5c6ccccc6n(-c6ccccc6)c5c43)n2)cc1. The Balaban J connectivity index is 0.880. The summed E-state index contributed by atoms with van der Waals surface area (Å²) in [6.45, 7) is 0. The predicted octanol–water partition coefficient (Wildman–Crippen LogP) is 18.4. The Morgan fingerprint density at radius 1 is 0.312 bits per heavy atom. The number of furan rings is 1. The number of rotatable bonds is 6. The summed E-state index contributed by atoms with van der Waals surface area (Å²) in [6, 6.07) is 86.5. The molecule has 77 heavy (non-hydrogen) atoms. The lowest BCUT2D eigenvalue weighted by Gasteiger charge is -2.13. The second-order valence-corrected chi connectivity index (χ2v) is 21.0. The van der Waals surface area contributed by atoms with Crippen molar-refractivity contribution in [2.24, 2.45) is 0 Å². The van der Waals surface area contributed by atoms with E-state index in [0.29, 0.717) is 17.6 Å². The fourth-order valence-corrected chi connectivity index (χ4v) is 13.6. The van der Waals surface area contributed by atoms with Crippen LogP contribution in [0.1, 0.15) is 0 Å². The minimum atomic E-state index is 0.528. The van der Waals surface area contributed by atoms with Crippen molar-refractivity contribution in [1.29, 1.82) is 0 Å². The average Bonchev–Trinajstić information content (AvgIpc) is 4.42. The molecule has 8 heteroatoms. The number of aromatic nitrogens is 6. The van der Waals surface area contributed by atoms with Gasteiger partial charge in [-0.25, -0.2) is 4.98 Å². The summed E-state index contributed by atoms with van der Waals surface area (Å²) in [5, 5.41) is 11.5. The molecule has 0 atom stereocenters. The minimum absolute atomic E-state index is 0.528. The van der Waals surface area contributed by atoms with Crippen molar-refractivity contribution >= 4 is 119 Å². The Kier molecular flexibility index (Phi) is 8.87. The van der Waals surface area contributed by atoms with Crippen molar-refractivity contribution in [1.82, 2.24) is 28.7 Å². The van der Waals surface area contributed by atoms with Gasteiger partial charge in [0.05, 0.1) is 33.1 Å². The number of fused-ring (bicyclic) bond motifs is 16. The van der Waals surface area contributed by atoms with Crippen LogP contribution in [0.3, 0.4) is 0 Å². The van der Waals surface area contributed by atoms with Gasteiger partial charge in [-0.15, -0.1) is 11.3 Å². The van der Waals surface area contributed by atoms with E-state index in [9.17, 15) is 0 Å². The Morgan fingerprint density at radius 2 is 0.883 bits per heavy atom. The first kappa shape index (κ1) is 42.2. The van der Waals surface area contributed by atoms with Gasteiger partial charge >= 0.3 is 0 Å². The van der Waals surface area contributed by atoms with Crippen LogP contribution in [0.15, 0.2) is 247 Å². The van der Waals surface area contributed by atoms with E-state index in [4.69, 9.17) is 19.4 Å². The zero-order valence-electron chi connectivity index (χ0n) is 41.1. The summed E-state index contributed by atoms with van der Waals surface area (Å²) in [4.78, 5) is 16.4. The highest BCUT2D eigenvalue weighted by Gasteiger charge is 2.25. The molecular formula is C69H40N6OS. The highest BCUT2D eigenvalue weighted by Crippen LogP contribution is 2.46. The van der Waals surface area contributed by atoms with Crippen LogP contribution in [0.4, 0.5) is 0 Å². The van der Waals surface area contributed by atoms with Crippen molar-refractivity contribution in [3.63, 3.8) is 0 Å². The normalized spacial score (nSPS) is 12.2. The lowest BCUT2D eigenvalue weighted by molar-refractivity contribution is 0.669. The molecule has 0 amide bonds. The molecule has 11 aromatic carbocycles. The molecule has 0 saturated carbocycles. The van der Waals surface area contributed by atoms with Crippen LogP contribution in [0, 0.1) is 0 Å². The van der Waals surface area contributed by atoms with Crippen LogP contribution in [-0.4, -0.2) is 28.7 Å². The topological polar surface area (TPSA) is 66.6 Å². The molecule has 17 aromatic rings. The van der Waals surface area contributed by atoms with Gasteiger partial charge in [0.25, 0.3) is 0 Å². The van der Waals surface area contributed by atoms with Crippen LogP contribution in [0.2, 0.25) is 0 Å². The van der Waals surface area contributed by atoms with Crippen molar-refractivity contribution < 1.29 is 4.42 Å². The summed E-state index contributed by atoms with van der Waals surface area (Å²) >= 11 is 1.84.